The predicted octanol–water partition coefficient (Wildman–Crippen LogP) is 3.53. The van der Waals surface area contributed by atoms with E-state index in [-0.39, 0.29) is 6.04 Å². The number of aromatic nitrogens is 2. The van der Waals surface area contributed by atoms with Crippen molar-refractivity contribution in [3.8, 4) is 0 Å². The summed E-state index contributed by atoms with van der Waals surface area (Å²) in [6.07, 6.45) is 3.76. The quantitative estimate of drug-likeness (QED) is 0.930. The molecule has 0 fully saturated rings. The topological polar surface area (TPSA) is 29.9 Å². The van der Waals surface area contributed by atoms with E-state index in [0.29, 0.717) is 0 Å². The molecule has 1 unspecified atom stereocenters. The summed E-state index contributed by atoms with van der Waals surface area (Å²) in [5, 5.41) is 4.17. The van der Waals surface area contributed by atoms with E-state index in [4.69, 9.17) is 11.6 Å². The molecule has 0 aliphatic heterocycles. The standard InChI is InChI=1S/C13H15BrClN3/c1-3-16-12(13-17-6-7-18(13)2)10-5-4-9(15)8-11(10)14/h4-8,12,16H,3H2,1-2H3. The molecule has 2 aromatic rings. The fourth-order valence-electron chi connectivity index (χ4n) is 1.94. The number of imidazole rings is 1. The van der Waals surface area contributed by atoms with E-state index in [1.807, 2.05) is 42.2 Å². The van der Waals surface area contributed by atoms with E-state index in [2.05, 4.69) is 33.2 Å². The number of nitrogens with one attached hydrogen (secondary N) is 1. The normalized spacial score (nSPS) is 12.7. The minimum Gasteiger partial charge on any atom is -0.336 e. The number of halogens is 2. The maximum atomic E-state index is 5.98. The molecule has 2 rings (SSSR count). The van der Waals surface area contributed by atoms with Crippen LogP contribution in [0, 0.1) is 0 Å². The van der Waals surface area contributed by atoms with Crippen LogP contribution >= 0.6 is 27.5 Å². The summed E-state index contributed by atoms with van der Waals surface area (Å²) in [5.41, 5.74) is 1.13. The zero-order chi connectivity index (χ0) is 13.1. The second kappa shape index (κ2) is 5.87. The van der Waals surface area contributed by atoms with Crippen molar-refractivity contribution in [2.45, 2.75) is 13.0 Å². The van der Waals surface area contributed by atoms with Gasteiger partial charge >= 0.3 is 0 Å². The van der Waals surface area contributed by atoms with Gasteiger partial charge in [0.2, 0.25) is 0 Å². The predicted molar refractivity (Wildman–Crippen MR) is 77.9 cm³/mol. The van der Waals surface area contributed by atoms with Gasteiger partial charge in [0, 0.05) is 28.9 Å². The molecule has 0 saturated heterocycles. The van der Waals surface area contributed by atoms with E-state index < -0.39 is 0 Å². The number of aryl methyl sites for hydroxylation is 1. The van der Waals surface area contributed by atoms with Crippen LogP contribution in [0.1, 0.15) is 24.4 Å². The van der Waals surface area contributed by atoms with Crippen LogP contribution in [0.5, 0.6) is 0 Å². The van der Waals surface area contributed by atoms with Gasteiger partial charge in [-0.15, -0.1) is 0 Å². The zero-order valence-corrected chi connectivity index (χ0v) is 12.7. The van der Waals surface area contributed by atoms with Gasteiger partial charge in [0.1, 0.15) is 5.82 Å². The highest BCUT2D eigenvalue weighted by atomic mass is 79.9. The molecule has 96 valence electrons. The Balaban J connectivity index is 2.45. The van der Waals surface area contributed by atoms with Gasteiger partial charge in [-0.2, -0.15) is 0 Å². The van der Waals surface area contributed by atoms with Crippen LogP contribution < -0.4 is 5.32 Å². The maximum Gasteiger partial charge on any atom is 0.130 e. The molecule has 1 N–H and O–H groups in total. The van der Waals surface area contributed by atoms with E-state index in [1.54, 1.807) is 0 Å². The first-order valence-electron chi connectivity index (χ1n) is 5.79. The first kappa shape index (κ1) is 13.6. The van der Waals surface area contributed by atoms with Crippen molar-refractivity contribution in [2.24, 2.45) is 7.05 Å². The van der Waals surface area contributed by atoms with Crippen LogP contribution in [-0.2, 0) is 7.05 Å². The summed E-state index contributed by atoms with van der Waals surface area (Å²) in [6, 6.07) is 5.88. The van der Waals surface area contributed by atoms with Crippen molar-refractivity contribution in [1.29, 1.82) is 0 Å². The highest BCUT2D eigenvalue weighted by molar-refractivity contribution is 9.10. The van der Waals surface area contributed by atoms with Crippen molar-refractivity contribution in [2.75, 3.05) is 6.54 Å². The number of hydrogen-bond acceptors (Lipinski definition) is 2. The Morgan fingerprint density at radius 1 is 1.50 bits per heavy atom. The Kier molecular flexibility index (Phi) is 4.43. The average Bonchev–Trinajstić information content (AvgIpc) is 2.73. The molecule has 0 radical (unpaired) electrons. The van der Waals surface area contributed by atoms with Crippen molar-refractivity contribution in [3.05, 3.63) is 51.5 Å². The summed E-state index contributed by atoms with van der Waals surface area (Å²) in [5.74, 6) is 0.986. The molecule has 5 heteroatoms. The molecule has 0 amide bonds. The highest BCUT2D eigenvalue weighted by Crippen LogP contribution is 2.29. The van der Waals surface area contributed by atoms with Crippen LogP contribution in [0.2, 0.25) is 5.02 Å². The molecule has 0 bridgehead atoms. The second-order valence-corrected chi connectivity index (χ2v) is 5.34. The molecule has 1 aromatic carbocycles. The van der Waals surface area contributed by atoms with Crippen molar-refractivity contribution < 1.29 is 0 Å². The summed E-state index contributed by atoms with van der Waals surface area (Å²) in [6.45, 7) is 2.95. The summed E-state index contributed by atoms with van der Waals surface area (Å²) in [7, 11) is 2.00. The lowest BCUT2D eigenvalue weighted by atomic mass is 10.1. The summed E-state index contributed by atoms with van der Waals surface area (Å²) < 4.78 is 3.01. The molecule has 0 aliphatic carbocycles. The van der Waals surface area contributed by atoms with Gasteiger partial charge in [-0.25, -0.2) is 4.98 Å². The third kappa shape index (κ3) is 2.76. The number of hydrogen-bond donors (Lipinski definition) is 1. The Labute approximate surface area is 120 Å². The molecule has 1 atom stereocenters. The molecule has 18 heavy (non-hydrogen) atoms. The Bertz CT molecular complexity index is 539. The minimum absolute atomic E-state index is 0.0571. The summed E-state index contributed by atoms with van der Waals surface area (Å²) in [4.78, 5) is 4.42. The second-order valence-electron chi connectivity index (χ2n) is 4.05. The van der Waals surface area contributed by atoms with Crippen molar-refractivity contribution in [3.63, 3.8) is 0 Å². The van der Waals surface area contributed by atoms with Gasteiger partial charge < -0.3 is 9.88 Å². The Morgan fingerprint density at radius 3 is 2.83 bits per heavy atom. The fourth-order valence-corrected chi connectivity index (χ4v) is 2.85. The molecule has 3 nitrogen and oxygen atoms in total. The van der Waals surface area contributed by atoms with Crippen LogP contribution in [0.4, 0.5) is 0 Å². The van der Waals surface area contributed by atoms with Gasteiger partial charge in [0.15, 0.2) is 0 Å². The SMILES string of the molecule is CCNC(c1ccc(Cl)cc1Br)c1nccn1C. The number of rotatable bonds is 4. The zero-order valence-electron chi connectivity index (χ0n) is 10.3. The highest BCUT2D eigenvalue weighted by Gasteiger charge is 2.19. The third-order valence-electron chi connectivity index (χ3n) is 2.80. The minimum atomic E-state index is 0.0571. The van der Waals surface area contributed by atoms with Gasteiger partial charge in [0.25, 0.3) is 0 Å². The Morgan fingerprint density at radius 2 is 2.28 bits per heavy atom. The van der Waals surface area contributed by atoms with E-state index >= 15 is 0 Å². The first-order valence-corrected chi connectivity index (χ1v) is 6.96. The van der Waals surface area contributed by atoms with Crippen molar-refractivity contribution in [1.82, 2.24) is 14.9 Å². The molecule has 0 spiro atoms. The van der Waals surface area contributed by atoms with Crippen LogP contribution in [-0.4, -0.2) is 16.1 Å². The molecule has 1 aromatic heterocycles. The smallest absolute Gasteiger partial charge is 0.130 e. The lowest BCUT2D eigenvalue weighted by Gasteiger charge is -2.19. The lowest BCUT2D eigenvalue weighted by molar-refractivity contribution is 0.575. The molecular weight excluding hydrogens is 314 g/mol. The van der Waals surface area contributed by atoms with E-state index in [0.717, 1.165) is 27.4 Å². The fraction of sp³-hybridized carbons (Fsp3) is 0.308. The first-order chi connectivity index (χ1) is 8.63. The van der Waals surface area contributed by atoms with Crippen LogP contribution in [0.15, 0.2) is 35.1 Å². The largest absolute Gasteiger partial charge is 0.336 e. The van der Waals surface area contributed by atoms with Gasteiger partial charge in [-0.05, 0) is 24.2 Å². The average molecular weight is 329 g/mol. The Hall–Kier alpha value is -0.840. The van der Waals surface area contributed by atoms with Crippen LogP contribution in [0.25, 0.3) is 0 Å². The number of nitrogens with zero attached hydrogens (tertiary/aromatic N) is 2. The van der Waals surface area contributed by atoms with Gasteiger partial charge in [0.05, 0.1) is 6.04 Å². The number of benzene rings is 1. The molecule has 0 aliphatic rings. The monoisotopic (exact) mass is 327 g/mol. The van der Waals surface area contributed by atoms with Gasteiger partial charge in [-0.1, -0.05) is 40.5 Å². The molecule has 1 heterocycles. The third-order valence-corrected chi connectivity index (χ3v) is 3.72. The van der Waals surface area contributed by atoms with Gasteiger partial charge in [-0.3, -0.25) is 0 Å². The van der Waals surface area contributed by atoms with Crippen molar-refractivity contribution >= 4 is 27.5 Å². The van der Waals surface area contributed by atoms with E-state index in [9.17, 15) is 0 Å². The summed E-state index contributed by atoms with van der Waals surface area (Å²) >= 11 is 9.55. The van der Waals surface area contributed by atoms with E-state index in [1.165, 1.54) is 0 Å². The maximum absolute atomic E-state index is 5.98. The molecular formula is C13H15BrClN3. The molecule has 0 saturated carbocycles. The van der Waals surface area contributed by atoms with Crippen LogP contribution in [0.3, 0.4) is 0 Å². The lowest BCUT2D eigenvalue weighted by Crippen LogP contribution is -2.25.